The quantitative estimate of drug-likeness (QED) is 0.403. The highest BCUT2D eigenvalue weighted by molar-refractivity contribution is 5.97. The molecule has 6 nitrogen and oxygen atoms in total. The van der Waals surface area contributed by atoms with E-state index in [0.29, 0.717) is 28.7 Å². The first kappa shape index (κ1) is 20.8. The molecule has 0 aliphatic carbocycles. The highest BCUT2D eigenvalue weighted by atomic mass is 19.2. The molecule has 2 bridgehead atoms. The summed E-state index contributed by atoms with van der Waals surface area (Å²) in [4.78, 5) is 24.2. The molecule has 172 valence electrons. The van der Waals surface area contributed by atoms with Crippen LogP contribution in [-0.4, -0.2) is 36.6 Å². The maximum atomic E-state index is 14.0. The second kappa shape index (κ2) is 7.65. The lowest BCUT2D eigenvalue weighted by Gasteiger charge is -2.45. The molecule has 34 heavy (non-hydrogen) atoms. The van der Waals surface area contributed by atoms with E-state index in [4.69, 9.17) is 0 Å². The molecule has 1 fully saturated rings. The average Bonchev–Trinajstić information content (AvgIpc) is 3.16. The first-order valence-electron chi connectivity index (χ1n) is 11.2. The van der Waals surface area contributed by atoms with Crippen LogP contribution in [0.2, 0.25) is 0 Å². The second-order valence-electron chi connectivity index (χ2n) is 8.87. The monoisotopic (exact) mass is 463 g/mol. The first-order valence-corrected chi connectivity index (χ1v) is 11.2. The highest BCUT2D eigenvalue weighted by Gasteiger charge is 2.43. The Morgan fingerprint density at radius 2 is 1.85 bits per heavy atom. The van der Waals surface area contributed by atoms with Gasteiger partial charge in [0, 0.05) is 36.6 Å². The van der Waals surface area contributed by atoms with Crippen LogP contribution in [-0.2, 0) is 13.5 Å². The lowest BCUT2D eigenvalue weighted by atomic mass is 9.81. The fourth-order valence-electron chi connectivity index (χ4n) is 5.42. The molecule has 6 rings (SSSR count). The number of halogens is 3. The number of fused-ring (bicyclic) bond motifs is 5. The Morgan fingerprint density at radius 1 is 1.06 bits per heavy atom. The molecule has 0 N–H and O–H groups in total. The summed E-state index contributed by atoms with van der Waals surface area (Å²) in [6.45, 7) is 0. The Kier molecular flexibility index (Phi) is 4.68. The number of aromatic nitrogens is 4. The number of nitrogens with zero attached hydrogens (tertiary/aromatic N) is 5. The highest BCUT2D eigenvalue weighted by Crippen LogP contribution is 2.45. The molecule has 2 aliphatic rings. The zero-order valence-corrected chi connectivity index (χ0v) is 18.3. The van der Waals surface area contributed by atoms with Crippen LogP contribution in [0.25, 0.3) is 22.3 Å². The van der Waals surface area contributed by atoms with Crippen molar-refractivity contribution in [2.75, 3.05) is 0 Å². The lowest BCUT2D eigenvalue weighted by Crippen LogP contribution is -2.49. The van der Waals surface area contributed by atoms with Gasteiger partial charge < -0.3 is 4.90 Å². The molecule has 4 aromatic rings. The zero-order chi connectivity index (χ0) is 23.6. The zero-order valence-electron chi connectivity index (χ0n) is 18.3. The van der Waals surface area contributed by atoms with Crippen LogP contribution in [0.5, 0.6) is 0 Å². The van der Waals surface area contributed by atoms with Gasteiger partial charge in [0.15, 0.2) is 17.5 Å². The minimum atomic E-state index is -1.49. The normalized spacial score (nSPS) is 19.4. The molecule has 1 amide bonds. The molecule has 2 aliphatic heterocycles. The largest absolute Gasteiger partial charge is 0.327 e. The molecular formula is C25H20F3N5O. The van der Waals surface area contributed by atoms with E-state index < -0.39 is 17.5 Å². The van der Waals surface area contributed by atoms with Crippen LogP contribution in [0.15, 0.2) is 42.7 Å². The fraction of sp³-hybridized carbons (Fsp3) is 0.280. The number of hydrogen-bond donors (Lipinski definition) is 0. The number of hydrogen-bond acceptors (Lipinski definition) is 4. The van der Waals surface area contributed by atoms with Crippen LogP contribution in [0, 0.1) is 17.5 Å². The number of benzene rings is 1. The summed E-state index contributed by atoms with van der Waals surface area (Å²) < 4.78 is 43.1. The van der Waals surface area contributed by atoms with Crippen molar-refractivity contribution in [2.45, 2.75) is 37.8 Å². The van der Waals surface area contributed by atoms with Crippen molar-refractivity contribution in [3.8, 4) is 11.3 Å². The third-order valence-electron chi connectivity index (χ3n) is 6.87. The van der Waals surface area contributed by atoms with E-state index in [-0.39, 0.29) is 23.6 Å². The number of carbonyl (C=O) groups excluding carboxylic acids is 1. The topological polar surface area (TPSA) is 63.9 Å². The van der Waals surface area contributed by atoms with Crippen LogP contribution in [0.4, 0.5) is 13.2 Å². The van der Waals surface area contributed by atoms with Gasteiger partial charge in [-0.3, -0.25) is 19.4 Å². The van der Waals surface area contributed by atoms with Crippen molar-refractivity contribution in [1.29, 1.82) is 0 Å². The van der Waals surface area contributed by atoms with Crippen LogP contribution < -0.4 is 0 Å². The van der Waals surface area contributed by atoms with Gasteiger partial charge in [-0.25, -0.2) is 13.2 Å². The Balaban J connectivity index is 1.42. The van der Waals surface area contributed by atoms with E-state index in [0.717, 1.165) is 42.7 Å². The average molecular weight is 463 g/mol. The van der Waals surface area contributed by atoms with E-state index in [2.05, 4.69) is 15.1 Å². The minimum Gasteiger partial charge on any atom is -0.327 e. The summed E-state index contributed by atoms with van der Waals surface area (Å²) in [5.41, 5.74) is 4.18. The standard InChI is InChI=1S/C25H20F3N5O/c1-32-24(13-8-17(26)22(28)18(27)9-13)16-11-15-4-2-6-21(23(16)31-32)33(15)25(34)14-10-20-19(30-12-14)5-3-7-29-20/h3,5,7-10,12,15,21H,2,4,6,11H2,1H3/t15-,21+/m0/s1. The number of aryl methyl sites for hydroxylation is 1. The Bertz CT molecular complexity index is 1440. The van der Waals surface area contributed by atoms with Gasteiger partial charge in [-0.1, -0.05) is 0 Å². The summed E-state index contributed by atoms with van der Waals surface area (Å²) >= 11 is 0. The van der Waals surface area contributed by atoms with E-state index in [1.165, 1.54) is 0 Å². The van der Waals surface area contributed by atoms with Crippen molar-refractivity contribution < 1.29 is 18.0 Å². The predicted molar refractivity (Wildman–Crippen MR) is 118 cm³/mol. The summed E-state index contributed by atoms with van der Waals surface area (Å²) in [5.74, 6) is -4.11. The lowest BCUT2D eigenvalue weighted by molar-refractivity contribution is 0.0391. The summed E-state index contributed by atoms with van der Waals surface area (Å²) in [6.07, 6.45) is 6.23. The SMILES string of the molecule is Cn1nc2c(c1-c1cc(F)c(F)c(F)c1)C[C@@H]1CCC[C@H]2N1C(=O)c1cnc2cccnc2c1. The van der Waals surface area contributed by atoms with Gasteiger partial charge >= 0.3 is 0 Å². The molecule has 0 radical (unpaired) electrons. The molecule has 1 aromatic carbocycles. The predicted octanol–water partition coefficient (Wildman–Crippen LogP) is 4.74. The summed E-state index contributed by atoms with van der Waals surface area (Å²) in [5, 5.41) is 4.66. The molecule has 2 atom stereocenters. The number of rotatable bonds is 2. The Morgan fingerprint density at radius 3 is 2.65 bits per heavy atom. The van der Waals surface area contributed by atoms with Gasteiger partial charge in [0.25, 0.3) is 5.91 Å². The maximum absolute atomic E-state index is 14.0. The molecule has 1 saturated heterocycles. The van der Waals surface area contributed by atoms with Gasteiger partial charge in [0.05, 0.1) is 34.0 Å². The van der Waals surface area contributed by atoms with Gasteiger partial charge in [0.2, 0.25) is 0 Å². The van der Waals surface area contributed by atoms with Crippen molar-refractivity contribution in [2.24, 2.45) is 7.05 Å². The molecular weight excluding hydrogens is 443 g/mol. The fourth-order valence-corrected chi connectivity index (χ4v) is 5.42. The summed E-state index contributed by atoms with van der Waals surface area (Å²) in [6, 6.07) is 7.04. The van der Waals surface area contributed by atoms with E-state index in [1.54, 1.807) is 36.3 Å². The van der Waals surface area contributed by atoms with Gasteiger partial charge in [-0.15, -0.1) is 0 Å². The third-order valence-corrected chi connectivity index (χ3v) is 6.87. The molecule has 3 aromatic heterocycles. The molecule has 0 saturated carbocycles. The number of pyridine rings is 2. The molecule has 9 heteroatoms. The number of amides is 1. The third kappa shape index (κ3) is 3.10. The van der Waals surface area contributed by atoms with Crippen molar-refractivity contribution in [3.05, 3.63) is 77.0 Å². The van der Waals surface area contributed by atoms with Crippen molar-refractivity contribution in [3.63, 3.8) is 0 Å². The van der Waals surface area contributed by atoms with E-state index in [1.807, 2.05) is 11.0 Å². The first-order chi connectivity index (χ1) is 16.4. The van der Waals surface area contributed by atoms with Crippen molar-refractivity contribution >= 4 is 16.9 Å². The van der Waals surface area contributed by atoms with E-state index in [9.17, 15) is 18.0 Å². The van der Waals surface area contributed by atoms with Crippen LogP contribution in [0.3, 0.4) is 0 Å². The minimum absolute atomic E-state index is 0.0868. The number of piperidine rings is 1. The maximum Gasteiger partial charge on any atom is 0.256 e. The van der Waals surface area contributed by atoms with Gasteiger partial charge in [-0.05, 0) is 56.0 Å². The van der Waals surface area contributed by atoms with E-state index >= 15 is 0 Å². The molecule has 0 spiro atoms. The number of carbonyl (C=O) groups is 1. The van der Waals surface area contributed by atoms with Gasteiger partial charge in [-0.2, -0.15) is 5.10 Å². The summed E-state index contributed by atoms with van der Waals surface area (Å²) in [7, 11) is 1.70. The Labute approximate surface area is 193 Å². The van der Waals surface area contributed by atoms with Gasteiger partial charge in [0.1, 0.15) is 0 Å². The molecule has 0 unspecified atom stereocenters. The van der Waals surface area contributed by atoms with Crippen molar-refractivity contribution in [1.82, 2.24) is 24.6 Å². The van der Waals surface area contributed by atoms with Crippen LogP contribution in [0.1, 0.15) is 46.9 Å². The second-order valence-corrected chi connectivity index (χ2v) is 8.87. The van der Waals surface area contributed by atoms with Crippen LogP contribution >= 0.6 is 0 Å². The molecule has 5 heterocycles. The smallest absolute Gasteiger partial charge is 0.256 e. The Hall–Kier alpha value is -3.75.